The first-order valence-electron chi connectivity index (χ1n) is 9.62. The topological polar surface area (TPSA) is 59.3 Å². The van der Waals surface area contributed by atoms with Crippen molar-refractivity contribution in [3.05, 3.63) is 87.9 Å². The molecular formula is C23H18N4OS3. The van der Waals surface area contributed by atoms with Crippen molar-refractivity contribution in [3.8, 4) is 11.3 Å². The second-order valence-electron chi connectivity index (χ2n) is 6.92. The number of carbonyl (C=O) groups is 1. The standard InChI is InChI=1S/C23H18N4OS3/c1-15-24-19(13-30-15)14-31-20-8-4-17(5-9-20)22(28)25-18-6-2-16(3-7-18)21-12-27-10-11-29-23(27)26-21/h2-13H,14H2,1H3,(H,25,28). The van der Waals surface area contributed by atoms with Crippen LogP contribution in [0.2, 0.25) is 0 Å². The average molecular weight is 463 g/mol. The quantitative estimate of drug-likeness (QED) is 0.298. The number of thioether (sulfide) groups is 1. The number of thiazole rings is 2. The summed E-state index contributed by atoms with van der Waals surface area (Å²) >= 11 is 4.99. The van der Waals surface area contributed by atoms with E-state index in [1.54, 1.807) is 34.4 Å². The molecule has 0 saturated heterocycles. The number of rotatable bonds is 6. The van der Waals surface area contributed by atoms with Gasteiger partial charge in [-0.2, -0.15) is 0 Å². The van der Waals surface area contributed by atoms with Crippen molar-refractivity contribution in [2.45, 2.75) is 17.6 Å². The molecule has 2 aromatic carbocycles. The van der Waals surface area contributed by atoms with E-state index in [1.807, 2.05) is 77.6 Å². The number of carbonyl (C=O) groups excluding carboxylic acids is 1. The number of anilines is 1. The van der Waals surface area contributed by atoms with Gasteiger partial charge in [0.2, 0.25) is 0 Å². The number of amides is 1. The molecule has 0 saturated carbocycles. The predicted octanol–water partition coefficient (Wildman–Crippen LogP) is 6.37. The van der Waals surface area contributed by atoms with Crippen molar-refractivity contribution in [1.82, 2.24) is 14.4 Å². The highest BCUT2D eigenvalue weighted by atomic mass is 32.2. The Balaban J connectivity index is 1.20. The van der Waals surface area contributed by atoms with E-state index in [0.29, 0.717) is 5.56 Å². The summed E-state index contributed by atoms with van der Waals surface area (Å²) in [5, 5.41) is 8.14. The largest absolute Gasteiger partial charge is 0.322 e. The van der Waals surface area contributed by atoms with Gasteiger partial charge in [0.15, 0.2) is 4.96 Å². The van der Waals surface area contributed by atoms with E-state index in [0.717, 1.165) is 43.3 Å². The van der Waals surface area contributed by atoms with Crippen molar-refractivity contribution in [1.29, 1.82) is 0 Å². The maximum Gasteiger partial charge on any atom is 0.255 e. The average Bonchev–Trinajstić information content (AvgIpc) is 3.50. The van der Waals surface area contributed by atoms with Gasteiger partial charge >= 0.3 is 0 Å². The van der Waals surface area contributed by atoms with Crippen LogP contribution in [-0.4, -0.2) is 20.3 Å². The molecule has 0 unspecified atom stereocenters. The lowest BCUT2D eigenvalue weighted by Crippen LogP contribution is -2.11. The second-order valence-corrected chi connectivity index (χ2v) is 9.91. The van der Waals surface area contributed by atoms with Crippen LogP contribution in [0.3, 0.4) is 0 Å². The molecule has 0 fully saturated rings. The molecule has 3 aromatic heterocycles. The molecule has 0 spiro atoms. The van der Waals surface area contributed by atoms with Gasteiger partial charge in [0.05, 0.1) is 16.4 Å². The number of aryl methyl sites for hydroxylation is 1. The number of fused-ring (bicyclic) bond motifs is 1. The van der Waals surface area contributed by atoms with E-state index in [1.165, 1.54) is 0 Å². The van der Waals surface area contributed by atoms with E-state index in [2.05, 4.69) is 20.7 Å². The maximum atomic E-state index is 12.6. The summed E-state index contributed by atoms with van der Waals surface area (Å²) in [4.78, 5) is 23.8. The van der Waals surface area contributed by atoms with E-state index >= 15 is 0 Å². The van der Waals surface area contributed by atoms with Crippen LogP contribution in [-0.2, 0) is 5.75 Å². The zero-order valence-corrected chi connectivity index (χ0v) is 19.1. The first kappa shape index (κ1) is 20.0. The van der Waals surface area contributed by atoms with Gasteiger partial charge in [0, 0.05) is 50.6 Å². The van der Waals surface area contributed by atoms with Gasteiger partial charge < -0.3 is 5.32 Å². The Morgan fingerprint density at radius 3 is 2.58 bits per heavy atom. The Morgan fingerprint density at radius 2 is 1.87 bits per heavy atom. The highest BCUT2D eigenvalue weighted by Gasteiger charge is 2.09. The van der Waals surface area contributed by atoms with Crippen LogP contribution in [0.1, 0.15) is 21.1 Å². The Labute approximate surface area is 191 Å². The zero-order chi connectivity index (χ0) is 21.2. The lowest BCUT2D eigenvalue weighted by Gasteiger charge is -2.07. The summed E-state index contributed by atoms with van der Waals surface area (Å²) in [6.45, 7) is 2.01. The van der Waals surface area contributed by atoms with Crippen molar-refractivity contribution in [2.75, 3.05) is 5.32 Å². The summed E-state index contributed by atoms with van der Waals surface area (Å²) in [7, 11) is 0. The highest BCUT2D eigenvalue weighted by molar-refractivity contribution is 7.98. The number of hydrogen-bond acceptors (Lipinski definition) is 6. The zero-order valence-electron chi connectivity index (χ0n) is 16.6. The lowest BCUT2D eigenvalue weighted by atomic mass is 10.1. The van der Waals surface area contributed by atoms with Gasteiger partial charge in [-0.05, 0) is 43.3 Å². The van der Waals surface area contributed by atoms with Crippen molar-refractivity contribution in [2.24, 2.45) is 0 Å². The summed E-state index contributed by atoms with van der Waals surface area (Å²) < 4.78 is 2.01. The Hall–Kier alpha value is -2.94. The minimum Gasteiger partial charge on any atom is -0.322 e. The number of hydrogen-bond donors (Lipinski definition) is 1. The fourth-order valence-corrected chi connectivity index (χ4v) is 5.34. The van der Waals surface area contributed by atoms with Gasteiger partial charge in [0.25, 0.3) is 5.91 Å². The maximum absolute atomic E-state index is 12.6. The fraction of sp³-hybridized carbons (Fsp3) is 0.0870. The minimum atomic E-state index is -0.123. The van der Waals surface area contributed by atoms with Crippen molar-refractivity contribution in [3.63, 3.8) is 0 Å². The molecule has 0 radical (unpaired) electrons. The number of aromatic nitrogens is 3. The molecule has 0 aliphatic heterocycles. The van der Waals surface area contributed by atoms with Crippen LogP contribution in [0, 0.1) is 6.92 Å². The molecule has 0 bridgehead atoms. The van der Waals surface area contributed by atoms with Gasteiger partial charge in [-0.25, -0.2) is 9.97 Å². The SMILES string of the molecule is Cc1nc(CSc2ccc(C(=O)Nc3ccc(-c4cn5ccsc5n4)cc3)cc2)cs1. The number of nitrogens with zero attached hydrogens (tertiary/aromatic N) is 3. The molecule has 31 heavy (non-hydrogen) atoms. The predicted molar refractivity (Wildman–Crippen MR) is 129 cm³/mol. The van der Waals surface area contributed by atoms with Gasteiger partial charge in [0.1, 0.15) is 0 Å². The first-order chi connectivity index (χ1) is 15.1. The third-order valence-corrected chi connectivity index (χ3v) is 7.34. The Morgan fingerprint density at radius 1 is 1.06 bits per heavy atom. The summed E-state index contributed by atoms with van der Waals surface area (Å²) in [6, 6.07) is 15.4. The minimum absolute atomic E-state index is 0.123. The smallest absolute Gasteiger partial charge is 0.255 e. The molecule has 0 aliphatic rings. The summed E-state index contributed by atoms with van der Waals surface area (Å²) in [5.74, 6) is 0.707. The van der Waals surface area contributed by atoms with Crippen molar-refractivity contribution >= 4 is 51.0 Å². The monoisotopic (exact) mass is 462 g/mol. The molecule has 1 amide bonds. The molecule has 0 aliphatic carbocycles. The van der Waals surface area contributed by atoms with Crippen LogP contribution in [0.4, 0.5) is 5.69 Å². The molecule has 5 aromatic rings. The van der Waals surface area contributed by atoms with Crippen LogP contribution in [0.5, 0.6) is 0 Å². The van der Waals surface area contributed by atoms with Crippen molar-refractivity contribution < 1.29 is 4.79 Å². The number of imidazole rings is 1. The van der Waals surface area contributed by atoms with E-state index < -0.39 is 0 Å². The van der Waals surface area contributed by atoms with Crippen LogP contribution in [0.25, 0.3) is 16.2 Å². The summed E-state index contributed by atoms with van der Waals surface area (Å²) in [5.41, 5.74) is 4.42. The molecule has 3 heterocycles. The second kappa shape index (κ2) is 8.66. The molecule has 1 N–H and O–H groups in total. The lowest BCUT2D eigenvalue weighted by molar-refractivity contribution is 0.102. The number of benzene rings is 2. The molecule has 154 valence electrons. The number of nitrogens with one attached hydrogen (secondary N) is 1. The Kier molecular flexibility index (Phi) is 5.59. The third kappa shape index (κ3) is 4.56. The Bertz CT molecular complexity index is 1300. The first-order valence-corrected chi connectivity index (χ1v) is 12.4. The molecule has 5 nitrogen and oxygen atoms in total. The van der Waals surface area contributed by atoms with Crippen LogP contribution in [0.15, 0.2) is 76.6 Å². The van der Waals surface area contributed by atoms with E-state index in [4.69, 9.17) is 0 Å². The van der Waals surface area contributed by atoms with Gasteiger partial charge in [-0.3, -0.25) is 9.20 Å². The normalized spacial score (nSPS) is 11.1. The summed E-state index contributed by atoms with van der Waals surface area (Å²) in [6.07, 6.45) is 4.00. The third-order valence-electron chi connectivity index (χ3n) is 4.70. The van der Waals surface area contributed by atoms with Crippen LogP contribution >= 0.6 is 34.4 Å². The molecule has 0 atom stereocenters. The van der Waals surface area contributed by atoms with E-state index in [9.17, 15) is 4.79 Å². The highest BCUT2D eigenvalue weighted by Crippen LogP contribution is 2.25. The molecule has 8 heteroatoms. The van der Waals surface area contributed by atoms with E-state index in [-0.39, 0.29) is 5.91 Å². The van der Waals surface area contributed by atoms with Gasteiger partial charge in [-0.1, -0.05) is 12.1 Å². The molecular weight excluding hydrogens is 444 g/mol. The fourth-order valence-electron chi connectivity index (χ4n) is 3.13. The van der Waals surface area contributed by atoms with Gasteiger partial charge in [-0.15, -0.1) is 34.4 Å². The molecule has 5 rings (SSSR count). The van der Waals surface area contributed by atoms with Crippen LogP contribution < -0.4 is 5.32 Å².